The molecule has 0 aliphatic carbocycles. The van der Waals surface area contributed by atoms with E-state index in [0.29, 0.717) is 6.54 Å². The highest BCUT2D eigenvalue weighted by Gasteiger charge is 2.14. The highest BCUT2D eigenvalue weighted by molar-refractivity contribution is 5.78. The SMILES string of the molecule is CCCN(C)CC(=O)NC(C)(C)C. The number of likely N-dealkylation sites (N-methyl/N-ethyl adjacent to an activating group) is 1. The van der Waals surface area contributed by atoms with Gasteiger partial charge in [0.2, 0.25) is 5.91 Å². The maximum atomic E-state index is 11.4. The molecule has 0 saturated carbocycles. The molecule has 0 spiro atoms. The third-order valence-electron chi connectivity index (χ3n) is 1.53. The van der Waals surface area contributed by atoms with Crippen molar-refractivity contribution in [3.63, 3.8) is 0 Å². The largest absolute Gasteiger partial charge is 0.350 e. The van der Waals surface area contributed by atoms with Gasteiger partial charge in [-0.1, -0.05) is 6.92 Å². The fraction of sp³-hybridized carbons (Fsp3) is 0.900. The Morgan fingerprint density at radius 2 is 1.92 bits per heavy atom. The standard InChI is InChI=1S/C10H22N2O/c1-6-7-12(5)8-9(13)11-10(2,3)4/h6-8H2,1-5H3,(H,11,13). The van der Waals surface area contributed by atoms with Gasteiger partial charge in [-0.2, -0.15) is 0 Å². The van der Waals surface area contributed by atoms with Crippen molar-refractivity contribution in [3.8, 4) is 0 Å². The van der Waals surface area contributed by atoms with Crippen LogP contribution in [0.5, 0.6) is 0 Å². The lowest BCUT2D eigenvalue weighted by atomic mass is 10.1. The Hall–Kier alpha value is -0.570. The first kappa shape index (κ1) is 12.4. The number of hydrogen-bond acceptors (Lipinski definition) is 2. The summed E-state index contributed by atoms with van der Waals surface area (Å²) in [5, 5.41) is 2.93. The normalized spacial score (nSPS) is 11.8. The third-order valence-corrected chi connectivity index (χ3v) is 1.53. The summed E-state index contributed by atoms with van der Waals surface area (Å²) in [6.07, 6.45) is 1.08. The van der Waals surface area contributed by atoms with E-state index in [4.69, 9.17) is 0 Å². The Kier molecular flexibility index (Phi) is 4.99. The van der Waals surface area contributed by atoms with E-state index in [2.05, 4.69) is 12.2 Å². The first-order valence-corrected chi connectivity index (χ1v) is 4.84. The van der Waals surface area contributed by atoms with Crippen molar-refractivity contribution >= 4 is 5.91 Å². The lowest BCUT2D eigenvalue weighted by Gasteiger charge is -2.23. The second kappa shape index (κ2) is 5.22. The van der Waals surface area contributed by atoms with Crippen molar-refractivity contribution < 1.29 is 4.79 Å². The van der Waals surface area contributed by atoms with Crippen molar-refractivity contribution in [3.05, 3.63) is 0 Å². The average molecular weight is 186 g/mol. The molecule has 1 amide bonds. The highest BCUT2D eigenvalue weighted by Crippen LogP contribution is 1.98. The molecule has 0 saturated heterocycles. The summed E-state index contributed by atoms with van der Waals surface area (Å²) in [5.74, 6) is 0.100. The van der Waals surface area contributed by atoms with E-state index in [9.17, 15) is 4.79 Å². The van der Waals surface area contributed by atoms with Gasteiger partial charge < -0.3 is 5.32 Å². The summed E-state index contributed by atoms with van der Waals surface area (Å²) in [4.78, 5) is 13.4. The van der Waals surface area contributed by atoms with Crippen LogP contribution in [0.15, 0.2) is 0 Å². The van der Waals surface area contributed by atoms with Gasteiger partial charge in [-0.05, 0) is 40.8 Å². The molecule has 0 heterocycles. The van der Waals surface area contributed by atoms with E-state index in [-0.39, 0.29) is 11.4 Å². The first-order chi connectivity index (χ1) is 5.85. The van der Waals surface area contributed by atoms with Gasteiger partial charge in [0.15, 0.2) is 0 Å². The molecule has 0 aliphatic rings. The quantitative estimate of drug-likeness (QED) is 0.716. The summed E-state index contributed by atoms with van der Waals surface area (Å²) in [6, 6.07) is 0. The number of nitrogens with zero attached hydrogens (tertiary/aromatic N) is 1. The molecule has 0 aromatic heterocycles. The molecule has 0 aromatic rings. The average Bonchev–Trinajstić information content (AvgIpc) is 1.81. The molecule has 0 bridgehead atoms. The number of carbonyl (C=O) groups is 1. The molecule has 0 rings (SSSR count). The number of amides is 1. The van der Waals surface area contributed by atoms with Crippen molar-refractivity contribution in [2.24, 2.45) is 0 Å². The second-order valence-electron chi connectivity index (χ2n) is 4.54. The van der Waals surface area contributed by atoms with Crippen LogP contribution in [0.2, 0.25) is 0 Å². The molecule has 0 atom stereocenters. The molecule has 3 heteroatoms. The van der Waals surface area contributed by atoms with Gasteiger partial charge in [0.05, 0.1) is 6.54 Å². The lowest BCUT2D eigenvalue weighted by molar-refractivity contribution is -0.123. The van der Waals surface area contributed by atoms with Crippen LogP contribution in [0.25, 0.3) is 0 Å². The molecule has 3 nitrogen and oxygen atoms in total. The van der Waals surface area contributed by atoms with E-state index in [0.717, 1.165) is 13.0 Å². The molecule has 0 aliphatic heterocycles. The van der Waals surface area contributed by atoms with Gasteiger partial charge in [-0.15, -0.1) is 0 Å². The van der Waals surface area contributed by atoms with E-state index >= 15 is 0 Å². The number of hydrogen-bond donors (Lipinski definition) is 1. The van der Waals surface area contributed by atoms with Gasteiger partial charge in [-0.25, -0.2) is 0 Å². The van der Waals surface area contributed by atoms with Crippen molar-refractivity contribution in [1.82, 2.24) is 10.2 Å². The van der Waals surface area contributed by atoms with Gasteiger partial charge >= 0.3 is 0 Å². The Morgan fingerprint density at radius 1 is 1.38 bits per heavy atom. The molecular weight excluding hydrogens is 164 g/mol. The van der Waals surface area contributed by atoms with Crippen LogP contribution in [0.4, 0.5) is 0 Å². The van der Waals surface area contributed by atoms with E-state index < -0.39 is 0 Å². The fourth-order valence-corrected chi connectivity index (χ4v) is 1.16. The minimum Gasteiger partial charge on any atom is -0.350 e. The third kappa shape index (κ3) is 7.78. The van der Waals surface area contributed by atoms with Crippen molar-refractivity contribution in [2.45, 2.75) is 39.7 Å². The molecule has 0 unspecified atom stereocenters. The molecule has 78 valence electrons. The molecular formula is C10H22N2O. The van der Waals surface area contributed by atoms with Gasteiger partial charge in [0, 0.05) is 5.54 Å². The summed E-state index contributed by atoms with van der Waals surface area (Å²) < 4.78 is 0. The van der Waals surface area contributed by atoms with E-state index in [1.165, 1.54) is 0 Å². The maximum absolute atomic E-state index is 11.4. The lowest BCUT2D eigenvalue weighted by Crippen LogP contribution is -2.45. The summed E-state index contributed by atoms with van der Waals surface area (Å²) in [6.45, 7) is 9.54. The van der Waals surface area contributed by atoms with Crippen molar-refractivity contribution in [1.29, 1.82) is 0 Å². The monoisotopic (exact) mass is 186 g/mol. The number of rotatable bonds is 4. The second-order valence-corrected chi connectivity index (χ2v) is 4.54. The zero-order chi connectivity index (χ0) is 10.5. The Bertz CT molecular complexity index is 161. The Labute approximate surface area is 81.5 Å². The Morgan fingerprint density at radius 3 is 2.31 bits per heavy atom. The molecule has 1 N–H and O–H groups in total. The molecule has 0 aromatic carbocycles. The molecule has 0 radical (unpaired) electrons. The van der Waals surface area contributed by atoms with Crippen LogP contribution in [-0.2, 0) is 4.79 Å². The van der Waals surface area contributed by atoms with E-state index in [1.54, 1.807) is 0 Å². The zero-order valence-corrected chi connectivity index (χ0v) is 9.48. The topological polar surface area (TPSA) is 32.3 Å². The number of nitrogens with one attached hydrogen (secondary N) is 1. The maximum Gasteiger partial charge on any atom is 0.234 e. The summed E-state index contributed by atoms with van der Waals surface area (Å²) in [5.41, 5.74) is -0.121. The van der Waals surface area contributed by atoms with Crippen LogP contribution in [0, 0.1) is 0 Å². The van der Waals surface area contributed by atoms with Crippen LogP contribution in [0.1, 0.15) is 34.1 Å². The van der Waals surface area contributed by atoms with Gasteiger partial charge in [0.25, 0.3) is 0 Å². The number of carbonyl (C=O) groups excluding carboxylic acids is 1. The summed E-state index contributed by atoms with van der Waals surface area (Å²) in [7, 11) is 1.96. The van der Waals surface area contributed by atoms with E-state index in [1.807, 2.05) is 32.7 Å². The minimum absolute atomic E-state index is 0.100. The Balaban J connectivity index is 3.74. The molecule has 13 heavy (non-hydrogen) atoms. The smallest absolute Gasteiger partial charge is 0.234 e. The minimum atomic E-state index is -0.121. The van der Waals surface area contributed by atoms with Crippen molar-refractivity contribution in [2.75, 3.05) is 20.1 Å². The predicted octanol–water partition coefficient (Wildman–Crippen LogP) is 1.24. The first-order valence-electron chi connectivity index (χ1n) is 4.84. The van der Waals surface area contributed by atoms with Gasteiger partial charge in [-0.3, -0.25) is 9.69 Å². The predicted molar refractivity (Wildman–Crippen MR) is 55.7 cm³/mol. The van der Waals surface area contributed by atoms with Crippen LogP contribution >= 0.6 is 0 Å². The van der Waals surface area contributed by atoms with Crippen LogP contribution in [0.3, 0.4) is 0 Å². The van der Waals surface area contributed by atoms with Crippen LogP contribution in [-0.4, -0.2) is 36.5 Å². The highest BCUT2D eigenvalue weighted by atomic mass is 16.2. The fourth-order valence-electron chi connectivity index (χ4n) is 1.16. The summed E-state index contributed by atoms with van der Waals surface area (Å²) >= 11 is 0. The van der Waals surface area contributed by atoms with Crippen LogP contribution < -0.4 is 5.32 Å². The molecule has 0 fully saturated rings. The zero-order valence-electron chi connectivity index (χ0n) is 9.48. The van der Waals surface area contributed by atoms with Gasteiger partial charge in [0.1, 0.15) is 0 Å².